The minimum Gasteiger partial charge on any atom is -0.492 e. The molecule has 1 aliphatic carbocycles. The van der Waals surface area contributed by atoms with Gasteiger partial charge in [-0.2, -0.15) is 0 Å². The van der Waals surface area contributed by atoms with E-state index in [1.807, 2.05) is 6.07 Å². The third kappa shape index (κ3) is 2.76. The van der Waals surface area contributed by atoms with E-state index in [0.29, 0.717) is 0 Å². The van der Waals surface area contributed by atoms with E-state index in [1.54, 1.807) is 0 Å². The fraction of sp³-hybridized carbons (Fsp3) is 0.571. The minimum atomic E-state index is 0. The largest absolute Gasteiger partial charge is 0.492 e. The Balaban J connectivity index is 0.00000120. The first-order chi connectivity index (χ1) is 8.34. The summed E-state index contributed by atoms with van der Waals surface area (Å²) in [6.07, 6.45) is 4.99. The van der Waals surface area contributed by atoms with E-state index < -0.39 is 0 Å². The molecule has 1 N–H and O–H groups in total. The quantitative estimate of drug-likeness (QED) is 0.917. The molecule has 1 saturated carbocycles. The Morgan fingerprint density at radius 3 is 2.89 bits per heavy atom. The number of rotatable bonds is 3. The van der Waals surface area contributed by atoms with Crippen molar-refractivity contribution in [2.24, 2.45) is 5.92 Å². The van der Waals surface area contributed by atoms with Gasteiger partial charge in [-0.3, -0.25) is 0 Å². The molecule has 1 aromatic carbocycles. The molecule has 1 heterocycles. The lowest BCUT2D eigenvalue weighted by atomic mass is 9.86. The lowest BCUT2D eigenvalue weighted by molar-refractivity contribution is 0.180. The molecule has 2 nitrogen and oxygen atoms in total. The molecule has 1 aromatic rings. The topological polar surface area (TPSA) is 21.3 Å². The van der Waals surface area contributed by atoms with E-state index in [-0.39, 0.29) is 12.4 Å². The van der Waals surface area contributed by atoms with Crippen molar-refractivity contribution in [3.8, 4) is 5.75 Å². The van der Waals surface area contributed by atoms with Crippen molar-refractivity contribution in [3.05, 3.63) is 28.3 Å². The lowest BCUT2D eigenvalue weighted by Gasteiger charge is -2.26. The summed E-state index contributed by atoms with van der Waals surface area (Å²) < 4.78 is 5.85. The van der Waals surface area contributed by atoms with Crippen molar-refractivity contribution in [1.29, 1.82) is 0 Å². The third-order valence-electron chi connectivity index (χ3n) is 3.87. The van der Waals surface area contributed by atoms with E-state index in [1.165, 1.54) is 30.4 Å². The van der Waals surface area contributed by atoms with Crippen LogP contribution < -0.4 is 10.1 Å². The second-order valence-electron chi connectivity index (χ2n) is 5.05. The zero-order valence-electron chi connectivity index (χ0n) is 10.4. The summed E-state index contributed by atoms with van der Waals surface area (Å²) in [5.41, 5.74) is 2.59. The SMILES string of the molecule is Cl.Clc1c(OCC2CCC2)ccc2c1CCNC2. The predicted octanol–water partition coefficient (Wildman–Crippen LogP) is 3.59. The number of halogens is 2. The number of benzene rings is 1. The summed E-state index contributed by atoms with van der Waals surface area (Å²) in [5.74, 6) is 1.63. The van der Waals surface area contributed by atoms with Gasteiger partial charge in [0.15, 0.2) is 0 Å². The molecule has 0 atom stereocenters. The summed E-state index contributed by atoms with van der Waals surface area (Å²) in [6, 6.07) is 4.16. The molecule has 0 radical (unpaired) electrons. The molecule has 0 spiro atoms. The first kappa shape index (κ1) is 14.0. The average molecular weight is 288 g/mol. The highest BCUT2D eigenvalue weighted by Crippen LogP contribution is 2.34. The third-order valence-corrected chi connectivity index (χ3v) is 4.29. The Bertz CT molecular complexity index is 419. The summed E-state index contributed by atoms with van der Waals surface area (Å²) in [7, 11) is 0. The zero-order chi connectivity index (χ0) is 11.7. The summed E-state index contributed by atoms with van der Waals surface area (Å²) in [5, 5.41) is 4.19. The Kier molecular flexibility index (Phi) is 4.77. The standard InChI is InChI=1S/C14H18ClNO.ClH/c15-14-12-6-7-16-8-11(12)4-5-13(14)17-9-10-2-1-3-10;/h4-5,10,16H,1-3,6-9H2;1H. The fourth-order valence-corrected chi connectivity index (χ4v) is 2.82. The highest BCUT2D eigenvalue weighted by molar-refractivity contribution is 6.33. The van der Waals surface area contributed by atoms with Crippen LogP contribution in [0.3, 0.4) is 0 Å². The van der Waals surface area contributed by atoms with Crippen molar-refractivity contribution in [2.75, 3.05) is 13.2 Å². The molecule has 1 aliphatic heterocycles. The van der Waals surface area contributed by atoms with Crippen LogP contribution in [0.4, 0.5) is 0 Å². The maximum Gasteiger partial charge on any atom is 0.138 e. The molecule has 0 unspecified atom stereocenters. The highest BCUT2D eigenvalue weighted by atomic mass is 35.5. The van der Waals surface area contributed by atoms with E-state index in [2.05, 4.69) is 11.4 Å². The molecule has 0 aromatic heterocycles. The molecule has 0 saturated heterocycles. The van der Waals surface area contributed by atoms with Gasteiger partial charge in [-0.25, -0.2) is 0 Å². The van der Waals surface area contributed by atoms with E-state index in [9.17, 15) is 0 Å². The maximum absolute atomic E-state index is 6.42. The van der Waals surface area contributed by atoms with Crippen LogP contribution in [0.1, 0.15) is 30.4 Å². The van der Waals surface area contributed by atoms with Crippen molar-refractivity contribution in [1.82, 2.24) is 5.32 Å². The molecular weight excluding hydrogens is 269 g/mol. The summed E-state index contributed by atoms with van der Waals surface area (Å²) >= 11 is 6.42. The van der Waals surface area contributed by atoms with E-state index >= 15 is 0 Å². The van der Waals surface area contributed by atoms with Crippen molar-refractivity contribution < 1.29 is 4.74 Å². The van der Waals surface area contributed by atoms with Crippen LogP contribution in [-0.4, -0.2) is 13.2 Å². The van der Waals surface area contributed by atoms with Crippen molar-refractivity contribution >= 4 is 24.0 Å². The van der Waals surface area contributed by atoms with Crippen LogP contribution in [-0.2, 0) is 13.0 Å². The van der Waals surface area contributed by atoms with Crippen LogP contribution in [0.5, 0.6) is 5.75 Å². The van der Waals surface area contributed by atoms with Gasteiger partial charge in [0.1, 0.15) is 5.75 Å². The van der Waals surface area contributed by atoms with Crippen molar-refractivity contribution in [2.45, 2.75) is 32.2 Å². The van der Waals surface area contributed by atoms with Gasteiger partial charge in [0.05, 0.1) is 11.6 Å². The molecule has 0 amide bonds. The van der Waals surface area contributed by atoms with Crippen molar-refractivity contribution in [3.63, 3.8) is 0 Å². The Morgan fingerprint density at radius 1 is 1.33 bits per heavy atom. The second-order valence-corrected chi connectivity index (χ2v) is 5.43. The first-order valence-corrected chi connectivity index (χ1v) is 6.86. The lowest BCUT2D eigenvalue weighted by Crippen LogP contribution is -2.24. The number of hydrogen-bond acceptors (Lipinski definition) is 2. The predicted molar refractivity (Wildman–Crippen MR) is 76.9 cm³/mol. The highest BCUT2D eigenvalue weighted by Gasteiger charge is 2.20. The molecular formula is C14H19Cl2NO. The number of fused-ring (bicyclic) bond motifs is 1. The van der Waals surface area contributed by atoms with Gasteiger partial charge in [0, 0.05) is 6.54 Å². The average Bonchev–Trinajstić information content (AvgIpc) is 2.30. The number of hydrogen-bond donors (Lipinski definition) is 1. The molecule has 100 valence electrons. The smallest absolute Gasteiger partial charge is 0.138 e. The van der Waals surface area contributed by atoms with E-state index in [0.717, 1.165) is 42.8 Å². The van der Waals surface area contributed by atoms with Gasteiger partial charge in [0.2, 0.25) is 0 Å². The summed E-state index contributed by atoms with van der Waals surface area (Å²) in [4.78, 5) is 0. The Morgan fingerprint density at radius 2 is 2.17 bits per heavy atom. The first-order valence-electron chi connectivity index (χ1n) is 6.48. The molecule has 3 rings (SSSR count). The second kappa shape index (κ2) is 6.14. The zero-order valence-corrected chi connectivity index (χ0v) is 11.9. The van der Waals surface area contributed by atoms with E-state index in [4.69, 9.17) is 16.3 Å². The van der Waals surface area contributed by atoms with Crippen LogP contribution in [0.25, 0.3) is 0 Å². The van der Waals surface area contributed by atoms with Crippen LogP contribution >= 0.6 is 24.0 Å². The molecule has 18 heavy (non-hydrogen) atoms. The van der Waals surface area contributed by atoms with Gasteiger partial charge in [-0.15, -0.1) is 12.4 Å². The molecule has 0 bridgehead atoms. The number of ether oxygens (including phenoxy) is 1. The molecule has 4 heteroatoms. The van der Waals surface area contributed by atoms with Crippen LogP contribution in [0.15, 0.2) is 12.1 Å². The van der Waals surface area contributed by atoms with Gasteiger partial charge >= 0.3 is 0 Å². The van der Waals surface area contributed by atoms with Gasteiger partial charge < -0.3 is 10.1 Å². The van der Waals surface area contributed by atoms with Gasteiger partial charge in [-0.05, 0) is 48.9 Å². The Hall–Kier alpha value is -0.440. The molecule has 1 fully saturated rings. The monoisotopic (exact) mass is 287 g/mol. The van der Waals surface area contributed by atoms with Crippen LogP contribution in [0.2, 0.25) is 5.02 Å². The van der Waals surface area contributed by atoms with Gasteiger partial charge in [-0.1, -0.05) is 24.1 Å². The normalized spacial score (nSPS) is 18.5. The summed E-state index contributed by atoms with van der Waals surface area (Å²) in [6.45, 7) is 2.77. The van der Waals surface area contributed by atoms with Gasteiger partial charge in [0.25, 0.3) is 0 Å². The fourth-order valence-electron chi connectivity index (χ4n) is 2.49. The number of nitrogens with one attached hydrogen (secondary N) is 1. The minimum absolute atomic E-state index is 0. The Labute approximate surface area is 119 Å². The maximum atomic E-state index is 6.42. The molecule has 2 aliphatic rings. The van der Waals surface area contributed by atoms with Crippen LogP contribution in [0, 0.1) is 5.92 Å².